The lowest BCUT2D eigenvalue weighted by Crippen LogP contribution is -2.34. The minimum absolute atomic E-state index is 0.556. The summed E-state index contributed by atoms with van der Waals surface area (Å²) < 4.78 is 0. The highest BCUT2D eigenvalue weighted by molar-refractivity contribution is 6.33. The van der Waals surface area contributed by atoms with Crippen LogP contribution in [0.4, 0.5) is 0 Å². The maximum absolute atomic E-state index is 6.17. The summed E-state index contributed by atoms with van der Waals surface area (Å²) in [5.41, 5.74) is 1.09. The summed E-state index contributed by atoms with van der Waals surface area (Å²) >= 11 is 12.2. The quantitative estimate of drug-likeness (QED) is 0.816. The van der Waals surface area contributed by atoms with Gasteiger partial charge in [-0.15, -0.1) is 0 Å². The summed E-state index contributed by atoms with van der Waals surface area (Å²) in [5, 5.41) is 5.14. The molecular weight excluding hydrogens is 265 g/mol. The fourth-order valence-electron chi connectivity index (χ4n) is 2.75. The van der Waals surface area contributed by atoms with Crippen molar-refractivity contribution in [2.24, 2.45) is 5.92 Å². The van der Waals surface area contributed by atoms with Gasteiger partial charge in [-0.1, -0.05) is 42.5 Å². The van der Waals surface area contributed by atoms with Gasteiger partial charge in [-0.05, 0) is 49.4 Å². The topological polar surface area (TPSA) is 12.0 Å². The van der Waals surface area contributed by atoms with Crippen molar-refractivity contribution in [3.63, 3.8) is 0 Å². The molecule has 1 saturated carbocycles. The zero-order valence-corrected chi connectivity index (χ0v) is 12.4. The third kappa shape index (κ3) is 3.88. The van der Waals surface area contributed by atoms with E-state index in [1.165, 1.54) is 32.1 Å². The van der Waals surface area contributed by atoms with Crippen molar-refractivity contribution in [3.8, 4) is 0 Å². The number of hydrogen-bond acceptors (Lipinski definition) is 1. The van der Waals surface area contributed by atoms with Crippen LogP contribution in [-0.2, 0) is 6.54 Å². The smallest absolute Gasteiger partial charge is 0.0451 e. The predicted molar refractivity (Wildman–Crippen MR) is 79.3 cm³/mol. The van der Waals surface area contributed by atoms with Crippen molar-refractivity contribution < 1.29 is 0 Å². The Morgan fingerprint density at radius 3 is 2.67 bits per heavy atom. The van der Waals surface area contributed by atoms with Gasteiger partial charge in [0.1, 0.15) is 0 Å². The molecule has 1 aliphatic carbocycles. The molecule has 2 rings (SSSR count). The Labute approximate surface area is 120 Å². The Bertz CT molecular complexity index is 386. The Hall–Kier alpha value is -0.240. The second-order valence-electron chi connectivity index (χ2n) is 5.30. The van der Waals surface area contributed by atoms with Crippen LogP contribution in [0.3, 0.4) is 0 Å². The second-order valence-corrected chi connectivity index (χ2v) is 6.15. The Kier molecular flexibility index (Phi) is 5.35. The van der Waals surface area contributed by atoms with Gasteiger partial charge in [0.05, 0.1) is 0 Å². The van der Waals surface area contributed by atoms with Gasteiger partial charge in [-0.25, -0.2) is 0 Å². The summed E-state index contributed by atoms with van der Waals surface area (Å²) in [6.45, 7) is 3.09. The molecule has 0 aliphatic heterocycles. The third-order valence-electron chi connectivity index (χ3n) is 3.98. The summed E-state index contributed by atoms with van der Waals surface area (Å²) in [4.78, 5) is 0. The molecule has 0 spiro atoms. The van der Waals surface area contributed by atoms with E-state index in [0.717, 1.165) is 28.1 Å². The fraction of sp³-hybridized carbons (Fsp3) is 0.600. The highest BCUT2D eigenvalue weighted by Crippen LogP contribution is 2.27. The number of nitrogens with one attached hydrogen (secondary N) is 1. The van der Waals surface area contributed by atoms with Crippen molar-refractivity contribution in [1.29, 1.82) is 0 Å². The molecule has 0 heterocycles. The minimum atomic E-state index is 0.556. The van der Waals surface area contributed by atoms with Gasteiger partial charge in [0.15, 0.2) is 0 Å². The van der Waals surface area contributed by atoms with Gasteiger partial charge >= 0.3 is 0 Å². The van der Waals surface area contributed by atoms with Crippen molar-refractivity contribution in [2.75, 3.05) is 0 Å². The van der Waals surface area contributed by atoms with Crippen LogP contribution in [0.1, 0.15) is 44.6 Å². The van der Waals surface area contributed by atoms with Crippen LogP contribution in [0.5, 0.6) is 0 Å². The fourth-order valence-corrected chi connectivity index (χ4v) is 3.13. The van der Waals surface area contributed by atoms with Gasteiger partial charge in [0, 0.05) is 22.6 Å². The summed E-state index contributed by atoms with van der Waals surface area (Å²) in [7, 11) is 0. The van der Waals surface area contributed by atoms with Crippen LogP contribution in [0.2, 0.25) is 10.0 Å². The van der Waals surface area contributed by atoms with E-state index in [9.17, 15) is 0 Å². The SMILES string of the molecule is C[C@H](NCc1cc(Cl)ccc1Cl)C1CCCCC1. The molecule has 100 valence electrons. The lowest BCUT2D eigenvalue weighted by atomic mass is 9.84. The first-order valence-corrected chi connectivity index (χ1v) is 7.59. The van der Waals surface area contributed by atoms with Gasteiger partial charge in [0.2, 0.25) is 0 Å². The number of benzene rings is 1. The Balaban J connectivity index is 1.88. The number of hydrogen-bond donors (Lipinski definition) is 1. The number of halogens is 2. The molecule has 3 heteroatoms. The zero-order valence-electron chi connectivity index (χ0n) is 10.9. The van der Waals surface area contributed by atoms with Gasteiger partial charge in [-0.3, -0.25) is 0 Å². The largest absolute Gasteiger partial charge is 0.310 e. The molecule has 1 aliphatic rings. The normalized spacial score (nSPS) is 18.8. The lowest BCUT2D eigenvalue weighted by molar-refractivity contribution is 0.280. The van der Waals surface area contributed by atoms with E-state index in [0.29, 0.717) is 6.04 Å². The minimum Gasteiger partial charge on any atom is -0.310 e. The molecule has 1 fully saturated rings. The van der Waals surface area contributed by atoms with Crippen molar-refractivity contribution in [2.45, 2.75) is 51.6 Å². The molecule has 1 aromatic carbocycles. The average Bonchev–Trinajstić information content (AvgIpc) is 2.40. The van der Waals surface area contributed by atoms with E-state index >= 15 is 0 Å². The first-order chi connectivity index (χ1) is 8.66. The maximum Gasteiger partial charge on any atom is 0.0451 e. The summed E-state index contributed by atoms with van der Waals surface area (Å²) in [6, 6.07) is 6.20. The molecule has 1 aromatic rings. The molecule has 0 aromatic heterocycles. The van der Waals surface area contributed by atoms with E-state index in [-0.39, 0.29) is 0 Å². The van der Waals surface area contributed by atoms with Crippen LogP contribution < -0.4 is 5.32 Å². The lowest BCUT2D eigenvalue weighted by Gasteiger charge is -2.28. The zero-order chi connectivity index (χ0) is 13.0. The monoisotopic (exact) mass is 285 g/mol. The summed E-state index contributed by atoms with van der Waals surface area (Å²) in [6.07, 6.45) is 6.89. The highest BCUT2D eigenvalue weighted by atomic mass is 35.5. The summed E-state index contributed by atoms with van der Waals surface area (Å²) in [5.74, 6) is 0.816. The van der Waals surface area contributed by atoms with Crippen LogP contribution in [0.25, 0.3) is 0 Å². The molecule has 0 radical (unpaired) electrons. The van der Waals surface area contributed by atoms with Crippen LogP contribution in [0.15, 0.2) is 18.2 Å². The van der Waals surface area contributed by atoms with Crippen LogP contribution >= 0.6 is 23.2 Å². The average molecular weight is 286 g/mol. The van der Waals surface area contributed by atoms with E-state index < -0.39 is 0 Å². The van der Waals surface area contributed by atoms with Crippen LogP contribution in [0, 0.1) is 5.92 Å². The molecule has 0 bridgehead atoms. The Morgan fingerprint density at radius 1 is 1.22 bits per heavy atom. The molecule has 0 unspecified atom stereocenters. The molecule has 0 saturated heterocycles. The highest BCUT2D eigenvalue weighted by Gasteiger charge is 2.19. The maximum atomic E-state index is 6.17. The van der Waals surface area contributed by atoms with E-state index in [1.807, 2.05) is 18.2 Å². The number of rotatable bonds is 4. The van der Waals surface area contributed by atoms with Crippen molar-refractivity contribution in [1.82, 2.24) is 5.32 Å². The molecular formula is C15H21Cl2N. The molecule has 1 N–H and O–H groups in total. The predicted octanol–water partition coefficient (Wildman–Crippen LogP) is 5.05. The third-order valence-corrected chi connectivity index (χ3v) is 4.58. The molecule has 1 nitrogen and oxygen atoms in total. The van der Waals surface area contributed by atoms with Gasteiger partial charge < -0.3 is 5.32 Å². The van der Waals surface area contributed by atoms with E-state index in [1.54, 1.807) is 0 Å². The first kappa shape index (κ1) is 14.2. The molecule has 1 atom stereocenters. The van der Waals surface area contributed by atoms with Crippen molar-refractivity contribution in [3.05, 3.63) is 33.8 Å². The van der Waals surface area contributed by atoms with E-state index in [2.05, 4.69) is 12.2 Å². The molecule has 0 amide bonds. The van der Waals surface area contributed by atoms with Crippen LogP contribution in [-0.4, -0.2) is 6.04 Å². The standard InChI is InChI=1S/C15H21Cl2N/c1-11(12-5-3-2-4-6-12)18-10-13-9-14(16)7-8-15(13)17/h7-9,11-12,18H,2-6,10H2,1H3/t11-/m0/s1. The Morgan fingerprint density at radius 2 is 1.94 bits per heavy atom. The van der Waals surface area contributed by atoms with Gasteiger partial charge in [0.25, 0.3) is 0 Å². The van der Waals surface area contributed by atoms with Gasteiger partial charge in [-0.2, -0.15) is 0 Å². The molecule has 18 heavy (non-hydrogen) atoms. The first-order valence-electron chi connectivity index (χ1n) is 6.84. The second kappa shape index (κ2) is 6.79. The van der Waals surface area contributed by atoms with E-state index in [4.69, 9.17) is 23.2 Å². The van der Waals surface area contributed by atoms with Crippen molar-refractivity contribution >= 4 is 23.2 Å².